The van der Waals surface area contributed by atoms with E-state index in [1.165, 1.54) is 18.9 Å². The maximum atomic E-state index is 12.1. The molecule has 0 aromatic carbocycles. The van der Waals surface area contributed by atoms with Gasteiger partial charge in [-0.05, 0) is 42.9 Å². The number of rotatable bonds is 1. The molecule has 3 aliphatic rings. The molecule has 2 atom stereocenters. The normalized spacial score (nSPS) is 30.1. The van der Waals surface area contributed by atoms with Crippen molar-refractivity contribution in [3.63, 3.8) is 0 Å². The largest absolute Gasteiger partial charge is 0.465 e. The van der Waals surface area contributed by atoms with Gasteiger partial charge >= 0.3 is 5.97 Å². The average Bonchev–Trinajstić information content (AvgIpc) is 3.06. The van der Waals surface area contributed by atoms with Crippen molar-refractivity contribution in [2.24, 2.45) is 5.92 Å². The lowest BCUT2D eigenvalue weighted by Gasteiger charge is -2.23. The van der Waals surface area contributed by atoms with Gasteiger partial charge in [-0.1, -0.05) is 5.57 Å². The lowest BCUT2D eigenvalue weighted by molar-refractivity contribution is 0.0599. The number of ketones is 1. The third kappa shape index (κ3) is 1.21. The molecule has 1 spiro atoms. The van der Waals surface area contributed by atoms with Crippen LogP contribution < -0.4 is 0 Å². The highest BCUT2D eigenvalue weighted by Gasteiger charge is 2.63. The molecule has 0 aliphatic heterocycles. The minimum absolute atomic E-state index is 0.0142. The molecule has 0 N–H and O–H groups in total. The van der Waals surface area contributed by atoms with E-state index < -0.39 is 5.97 Å². The quantitative estimate of drug-likeness (QED) is 0.721. The summed E-state index contributed by atoms with van der Waals surface area (Å²) in [4.78, 5) is 27.9. The molecule has 1 aromatic rings. The van der Waals surface area contributed by atoms with Crippen molar-refractivity contribution in [3.8, 4) is 0 Å². The van der Waals surface area contributed by atoms with Crippen molar-refractivity contribution in [2.75, 3.05) is 7.11 Å². The molecule has 2 unspecified atom stereocenters. The fourth-order valence-corrected chi connectivity index (χ4v) is 3.79. The fourth-order valence-electron chi connectivity index (χ4n) is 3.79. The van der Waals surface area contributed by atoms with Gasteiger partial charge < -0.3 is 4.74 Å². The van der Waals surface area contributed by atoms with Crippen molar-refractivity contribution in [1.29, 1.82) is 0 Å². The summed E-state index contributed by atoms with van der Waals surface area (Å²) in [5.41, 5.74) is 3.14. The van der Waals surface area contributed by atoms with Gasteiger partial charge in [0.1, 0.15) is 5.69 Å². The summed E-state index contributed by atoms with van der Waals surface area (Å²) in [6.45, 7) is 0. The summed E-state index contributed by atoms with van der Waals surface area (Å²) >= 11 is 0. The van der Waals surface area contributed by atoms with Crippen LogP contribution in [0, 0.1) is 5.92 Å². The summed E-state index contributed by atoms with van der Waals surface area (Å²) in [6.07, 6.45) is 6.43. The summed E-state index contributed by atoms with van der Waals surface area (Å²) in [7, 11) is 1.35. The van der Waals surface area contributed by atoms with Crippen LogP contribution >= 0.6 is 0 Å². The van der Waals surface area contributed by atoms with E-state index in [1.54, 1.807) is 6.08 Å². The summed E-state index contributed by atoms with van der Waals surface area (Å²) in [5.74, 6) is 0.199. The lowest BCUT2D eigenvalue weighted by Crippen LogP contribution is -2.22. The molecule has 0 saturated heterocycles. The first-order chi connectivity index (χ1) is 9.16. The molecule has 0 amide bonds. The number of hydrogen-bond donors (Lipinski definition) is 0. The van der Waals surface area contributed by atoms with Crippen LogP contribution in [0.25, 0.3) is 0 Å². The fraction of sp³-hybridized carbons (Fsp3) is 0.400. The molecule has 0 bridgehead atoms. The molecule has 0 radical (unpaired) electrons. The van der Waals surface area contributed by atoms with Crippen molar-refractivity contribution >= 4 is 11.8 Å². The van der Waals surface area contributed by atoms with E-state index in [-0.39, 0.29) is 11.2 Å². The topological polar surface area (TPSA) is 56.3 Å². The number of aromatic nitrogens is 1. The minimum atomic E-state index is -0.398. The number of ether oxygens (including phenoxy) is 1. The van der Waals surface area contributed by atoms with Gasteiger partial charge in [0.2, 0.25) is 5.78 Å². The molecule has 2 saturated carbocycles. The van der Waals surface area contributed by atoms with Crippen LogP contribution in [0.1, 0.15) is 45.7 Å². The van der Waals surface area contributed by atoms with Gasteiger partial charge in [0.25, 0.3) is 0 Å². The molecule has 96 valence electrons. The molecular weight excluding hydrogens is 242 g/mol. The number of methoxy groups -OCH3 is 1. The molecule has 4 nitrogen and oxygen atoms in total. The number of pyridine rings is 1. The van der Waals surface area contributed by atoms with Crippen molar-refractivity contribution in [2.45, 2.75) is 24.7 Å². The first-order valence-corrected chi connectivity index (χ1v) is 6.51. The van der Waals surface area contributed by atoms with Gasteiger partial charge in [0, 0.05) is 11.6 Å². The van der Waals surface area contributed by atoms with E-state index in [2.05, 4.69) is 4.98 Å². The first kappa shape index (κ1) is 10.9. The maximum absolute atomic E-state index is 12.1. The first-order valence-electron chi connectivity index (χ1n) is 6.51. The Hall–Kier alpha value is -1.97. The van der Waals surface area contributed by atoms with Gasteiger partial charge in [-0.2, -0.15) is 0 Å². The molecule has 4 rings (SSSR count). The predicted molar refractivity (Wildman–Crippen MR) is 67.0 cm³/mol. The highest BCUT2D eigenvalue weighted by Crippen LogP contribution is 2.68. The number of allylic oxidation sites excluding steroid dienone is 2. The highest BCUT2D eigenvalue weighted by molar-refractivity contribution is 6.07. The Bertz CT molecular complexity index is 661. The minimum Gasteiger partial charge on any atom is -0.465 e. The highest BCUT2D eigenvalue weighted by atomic mass is 16.5. The average molecular weight is 255 g/mol. The maximum Gasteiger partial charge on any atom is 0.339 e. The Labute approximate surface area is 110 Å². The number of hydrogen-bond acceptors (Lipinski definition) is 4. The second-order valence-electron chi connectivity index (χ2n) is 5.56. The van der Waals surface area contributed by atoms with Gasteiger partial charge in [-0.25, -0.2) is 4.79 Å². The third-order valence-corrected chi connectivity index (χ3v) is 4.77. The Morgan fingerprint density at radius 1 is 1.53 bits per heavy atom. The van der Waals surface area contributed by atoms with Crippen LogP contribution in [0.15, 0.2) is 23.9 Å². The predicted octanol–water partition coefficient (Wildman–Crippen LogP) is 2.04. The van der Waals surface area contributed by atoms with E-state index in [0.29, 0.717) is 17.2 Å². The Balaban J connectivity index is 1.92. The van der Waals surface area contributed by atoms with Crippen LogP contribution in [0.4, 0.5) is 0 Å². The van der Waals surface area contributed by atoms with E-state index in [9.17, 15) is 9.59 Å². The second kappa shape index (κ2) is 3.32. The van der Waals surface area contributed by atoms with Crippen molar-refractivity contribution in [1.82, 2.24) is 4.98 Å². The number of fused-ring (bicyclic) bond motifs is 1. The molecule has 1 aromatic heterocycles. The van der Waals surface area contributed by atoms with Crippen LogP contribution in [0.5, 0.6) is 0 Å². The zero-order valence-electron chi connectivity index (χ0n) is 10.6. The number of carbonyl (C=O) groups excluding carboxylic acids is 2. The molecule has 1 heterocycles. The van der Waals surface area contributed by atoms with Crippen LogP contribution in [-0.4, -0.2) is 23.8 Å². The standard InChI is InChI=1S/C15H13NO3/c1-19-14(18)8-4-11-13(16-7-8)12(17)5-9-2-3-10-6-15(9,10)11/h4-5,7,10H,2-3,6H2,1H3. The van der Waals surface area contributed by atoms with Crippen LogP contribution in [-0.2, 0) is 10.2 Å². The second-order valence-corrected chi connectivity index (χ2v) is 5.56. The molecule has 2 fully saturated rings. The van der Waals surface area contributed by atoms with Gasteiger partial charge in [0.05, 0.1) is 12.7 Å². The van der Waals surface area contributed by atoms with Crippen molar-refractivity contribution < 1.29 is 14.3 Å². The van der Waals surface area contributed by atoms with Crippen LogP contribution in [0.2, 0.25) is 0 Å². The zero-order chi connectivity index (χ0) is 13.2. The van der Waals surface area contributed by atoms with E-state index in [1.807, 2.05) is 6.07 Å². The Morgan fingerprint density at radius 2 is 2.37 bits per heavy atom. The SMILES string of the molecule is COC(=O)c1cnc2c(c1)C13CC1CCC3=CC2=O. The van der Waals surface area contributed by atoms with Crippen molar-refractivity contribution in [3.05, 3.63) is 40.7 Å². The molecule has 4 heteroatoms. The van der Waals surface area contributed by atoms with E-state index in [0.717, 1.165) is 24.8 Å². The van der Waals surface area contributed by atoms with E-state index >= 15 is 0 Å². The zero-order valence-corrected chi connectivity index (χ0v) is 10.6. The summed E-state index contributed by atoms with van der Waals surface area (Å²) in [5, 5.41) is 0. The number of esters is 1. The van der Waals surface area contributed by atoms with Gasteiger partial charge in [-0.15, -0.1) is 0 Å². The summed E-state index contributed by atoms with van der Waals surface area (Å²) in [6, 6.07) is 1.81. The lowest BCUT2D eigenvalue weighted by atomic mass is 9.81. The summed E-state index contributed by atoms with van der Waals surface area (Å²) < 4.78 is 4.73. The van der Waals surface area contributed by atoms with Crippen LogP contribution in [0.3, 0.4) is 0 Å². The monoisotopic (exact) mass is 255 g/mol. The third-order valence-electron chi connectivity index (χ3n) is 4.77. The molecule has 19 heavy (non-hydrogen) atoms. The Kier molecular flexibility index (Phi) is 1.91. The Morgan fingerprint density at radius 3 is 3.11 bits per heavy atom. The molecule has 3 aliphatic carbocycles. The van der Waals surface area contributed by atoms with Gasteiger partial charge in [-0.3, -0.25) is 9.78 Å². The van der Waals surface area contributed by atoms with Gasteiger partial charge in [0.15, 0.2) is 0 Å². The molecular formula is C15H13NO3. The van der Waals surface area contributed by atoms with E-state index in [4.69, 9.17) is 4.74 Å². The number of carbonyl (C=O) groups is 2. The smallest absolute Gasteiger partial charge is 0.339 e. The number of nitrogens with zero attached hydrogens (tertiary/aromatic N) is 1.